The highest BCUT2D eigenvalue weighted by Gasteiger charge is 2.38. The Labute approximate surface area is 153 Å². The number of hydrogen-bond acceptors (Lipinski definition) is 4. The first-order chi connectivity index (χ1) is 12.2. The van der Waals surface area contributed by atoms with Gasteiger partial charge in [-0.25, -0.2) is 4.98 Å². The number of halogens is 1. The van der Waals surface area contributed by atoms with Crippen LogP contribution in [0.5, 0.6) is 0 Å². The van der Waals surface area contributed by atoms with Crippen LogP contribution < -0.4 is 4.90 Å². The van der Waals surface area contributed by atoms with Crippen LogP contribution >= 0.6 is 11.6 Å². The van der Waals surface area contributed by atoms with Gasteiger partial charge in [-0.15, -0.1) is 0 Å². The van der Waals surface area contributed by atoms with Crippen molar-refractivity contribution in [3.63, 3.8) is 0 Å². The van der Waals surface area contributed by atoms with Crippen molar-refractivity contribution in [1.82, 2.24) is 9.97 Å². The standard InChI is InChI=1S/C20H20ClN3O/c21-19-13-18(24-10-7-20(8-11-24)6-2-12-25-20)17(15-23-19)5-4-16-3-1-9-22-14-16/h1,3,9,13-15H,2,6-8,10-12H2. The lowest BCUT2D eigenvalue weighted by molar-refractivity contribution is -0.0146. The molecular formula is C20H20ClN3O. The molecule has 0 unspecified atom stereocenters. The summed E-state index contributed by atoms with van der Waals surface area (Å²) in [5, 5.41) is 0.499. The first-order valence-electron chi connectivity index (χ1n) is 8.71. The average molecular weight is 354 g/mol. The minimum Gasteiger partial charge on any atom is -0.375 e. The predicted octanol–water partition coefficient (Wildman–Crippen LogP) is 3.68. The molecule has 0 radical (unpaired) electrons. The van der Waals surface area contributed by atoms with Crippen molar-refractivity contribution in [3.8, 4) is 11.8 Å². The van der Waals surface area contributed by atoms with Crippen LogP contribution in [0.2, 0.25) is 5.15 Å². The van der Waals surface area contributed by atoms with Gasteiger partial charge in [0, 0.05) is 49.9 Å². The molecular weight excluding hydrogens is 334 g/mol. The molecule has 4 nitrogen and oxygen atoms in total. The van der Waals surface area contributed by atoms with Gasteiger partial charge in [0.1, 0.15) is 5.15 Å². The second kappa shape index (κ2) is 7.03. The zero-order valence-corrected chi connectivity index (χ0v) is 14.8. The van der Waals surface area contributed by atoms with E-state index in [1.807, 2.05) is 18.2 Å². The van der Waals surface area contributed by atoms with E-state index in [2.05, 4.69) is 26.7 Å². The Hall–Kier alpha value is -2.09. The Morgan fingerprint density at radius 2 is 2.04 bits per heavy atom. The molecule has 0 bridgehead atoms. The number of nitrogens with zero attached hydrogens (tertiary/aromatic N) is 3. The van der Waals surface area contributed by atoms with E-state index in [0.29, 0.717) is 5.15 Å². The van der Waals surface area contributed by atoms with Crippen LogP contribution in [-0.2, 0) is 4.74 Å². The average Bonchev–Trinajstić information content (AvgIpc) is 3.10. The molecule has 0 atom stereocenters. The molecule has 0 amide bonds. The van der Waals surface area contributed by atoms with Gasteiger partial charge in [-0.3, -0.25) is 4.98 Å². The van der Waals surface area contributed by atoms with Crippen molar-refractivity contribution >= 4 is 17.3 Å². The van der Waals surface area contributed by atoms with Crippen molar-refractivity contribution in [2.24, 2.45) is 0 Å². The van der Waals surface area contributed by atoms with Crippen molar-refractivity contribution in [2.45, 2.75) is 31.3 Å². The van der Waals surface area contributed by atoms with E-state index in [1.165, 1.54) is 12.8 Å². The highest BCUT2D eigenvalue weighted by Crippen LogP contribution is 2.37. The zero-order valence-electron chi connectivity index (χ0n) is 14.0. The second-order valence-electron chi connectivity index (χ2n) is 6.64. The Morgan fingerprint density at radius 1 is 1.16 bits per heavy atom. The van der Waals surface area contributed by atoms with Gasteiger partial charge >= 0.3 is 0 Å². The fourth-order valence-electron chi connectivity index (χ4n) is 3.66. The molecule has 0 aromatic carbocycles. The van der Waals surface area contributed by atoms with E-state index >= 15 is 0 Å². The van der Waals surface area contributed by atoms with Crippen LogP contribution in [-0.4, -0.2) is 35.3 Å². The topological polar surface area (TPSA) is 38.2 Å². The fraction of sp³-hybridized carbons (Fsp3) is 0.400. The van der Waals surface area contributed by atoms with Gasteiger partial charge in [0.05, 0.1) is 16.9 Å². The maximum Gasteiger partial charge on any atom is 0.131 e. The number of pyridine rings is 2. The monoisotopic (exact) mass is 353 g/mol. The summed E-state index contributed by atoms with van der Waals surface area (Å²) in [6, 6.07) is 5.75. The van der Waals surface area contributed by atoms with E-state index in [9.17, 15) is 0 Å². The smallest absolute Gasteiger partial charge is 0.131 e. The number of anilines is 1. The lowest BCUT2D eigenvalue weighted by atomic mass is 9.88. The summed E-state index contributed by atoms with van der Waals surface area (Å²) in [6.07, 6.45) is 9.75. The third-order valence-electron chi connectivity index (χ3n) is 5.05. The second-order valence-corrected chi connectivity index (χ2v) is 7.03. The quantitative estimate of drug-likeness (QED) is 0.579. The molecule has 128 valence electrons. The number of ether oxygens (including phenoxy) is 1. The molecule has 0 N–H and O–H groups in total. The molecule has 25 heavy (non-hydrogen) atoms. The lowest BCUT2D eigenvalue weighted by Crippen LogP contribution is -2.44. The molecule has 4 heterocycles. The summed E-state index contributed by atoms with van der Waals surface area (Å²) in [6.45, 7) is 2.83. The normalized spacial score (nSPS) is 18.8. The summed E-state index contributed by atoms with van der Waals surface area (Å²) >= 11 is 6.15. The van der Waals surface area contributed by atoms with Gasteiger partial charge in [0.15, 0.2) is 0 Å². The molecule has 4 rings (SSSR count). The summed E-state index contributed by atoms with van der Waals surface area (Å²) in [7, 11) is 0. The van der Waals surface area contributed by atoms with Crippen molar-refractivity contribution in [2.75, 3.05) is 24.6 Å². The largest absolute Gasteiger partial charge is 0.375 e. The van der Waals surface area contributed by atoms with E-state index in [4.69, 9.17) is 16.3 Å². The van der Waals surface area contributed by atoms with Crippen LogP contribution in [0.25, 0.3) is 0 Å². The molecule has 2 aliphatic heterocycles. The van der Waals surface area contributed by atoms with Gasteiger partial charge in [0.2, 0.25) is 0 Å². The van der Waals surface area contributed by atoms with E-state index in [1.54, 1.807) is 18.6 Å². The SMILES string of the molecule is Clc1cc(N2CCC3(CCCO3)CC2)c(C#Cc2cccnc2)cn1. The molecule has 1 spiro atoms. The third kappa shape index (κ3) is 3.63. The van der Waals surface area contributed by atoms with Crippen molar-refractivity contribution in [3.05, 3.63) is 53.1 Å². The van der Waals surface area contributed by atoms with Crippen LogP contribution in [0.15, 0.2) is 36.8 Å². The van der Waals surface area contributed by atoms with Crippen LogP contribution in [0, 0.1) is 11.8 Å². The molecule has 0 aliphatic carbocycles. The first-order valence-corrected chi connectivity index (χ1v) is 9.08. The van der Waals surface area contributed by atoms with Gasteiger partial charge in [-0.1, -0.05) is 23.4 Å². The van der Waals surface area contributed by atoms with Gasteiger partial charge in [0.25, 0.3) is 0 Å². The molecule has 2 aromatic rings. The van der Waals surface area contributed by atoms with Gasteiger partial charge in [-0.05, 0) is 37.8 Å². The Kier molecular flexibility index (Phi) is 4.61. The van der Waals surface area contributed by atoms with Crippen LogP contribution in [0.3, 0.4) is 0 Å². The Bertz CT molecular complexity index is 797. The Morgan fingerprint density at radius 3 is 2.76 bits per heavy atom. The summed E-state index contributed by atoms with van der Waals surface area (Å²) < 4.78 is 6.02. The minimum absolute atomic E-state index is 0.106. The van der Waals surface area contributed by atoms with Crippen LogP contribution in [0.1, 0.15) is 36.8 Å². The highest BCUT2D eigenvalue weighted by molar-refractivity contribution is 6.29. The van der Waals surface area contributed by atoms with E-state index in [-0.39, 0.29) is 5.60 Å². The molecule has 2 aromatic heterocycles. The van der Waals surface area contributed by atoms with Gasteiger partial charge in [-0.2, -0.15) is 0 Å². The summed E-state index contributed by atoms with van der Waals surface area (Å²) in [5.41, 5.74) is 2.95. The fourth-order valence-corrected chi connectivity index (χ4v) is 3.81. The number of aromatic nitrogens is 2. The highest BCUT2D eigenvalue weighted by atomic mass is 35.5. The molecule has 2 saturated heterocycles. The minimum atomic E-state index is 0.106. The summed E-state index contributed by atoms with van der Waals surface area (Å²) in [5.74, 6) is 6.39. The van der Waals surface area contributed by atoms with Crippen LogP contribution in [0.4, 0.5) is 5.69 Å². The van der Waals surface area contributed by atoms with E-state index in [0.717, 1.165) is 49.4 Å². The van der Waals surface area contributed by atoms with Gasteiger partial charge < -0.3 is 9.64 Å². The maximum absolute atomic E-state index is 6.15. The maximum atomic E-state index is 6.15. The number of rotatable bonds is 1. The molecule has 5 heteroatoms. The third-order valence-corrected chi connectivity index (χ3v) is 5.26. The van der Waals surface area contributed by atoms with Crippen molar-refractivity contribution in [1.29, 1.82) is 0 Å². The first kappa shape index (κ1) is 16.4. The molecule has 0 saturated carbocycles. The van der Waals surface area contributed by atoms with E-state index < -0.39 is 0 Å². The number of hydrogen-bond donors (Lipinski definition) is 0. The summed E-state index contributed by atoms with van der Waals surface area (Å²) in [4.78, 5) is 10.7. The van der Waals surface area contributed by atoms with Crippen molar-refractivity contribution < 1.29 is 4.74 Å². The number of piperidine rings is 1. The predicted molar refractivity (Wildman–Crippen MR) is 98.8 cm³/mol. The zero-order chi connectivity index (χ0) is 17.1. The lowest BCUT2D eigenvalue weighted by Gasteiger charge is -2.40. The molecule has 2 aliphatic rings. The molecule has 2 fully saturated rings. The Balaban J connectivity index is 1.57.